The third-order valence-electron chi connectivity index (χ3n) is 2.71. The van der Waals surface area contributed by atoms with Crippen LogP contribution in [-0.2, 0) is 10.0 Å². The number of aldehydes is 1. The summed E-state index contributed by atoms with van der Waals surface area (Å²) in [4.78, 5) is 10.8. The van der Waals surface area contributed by atoms with E-state index in [2.05, 4.69) is 5.32 Å². The molecule has 0 radical (unpaired) electrons. The number of piperazine rings is 1. The lowest BCUT2D eigenvalue weighted by Gasteiger charge is -2.26. The van der Waals surface area contributed by atoms with E-state index in [1.54, 1.807) is 12.1 Å². The lowest BCUT2D eigenvalue weighted by molar-refractivity contribution is 0.112. The molecule has 0 bridgehead atoms. The largest absolute Gasteiger partial charge is 0.314 e. The first-order valence-electron chi connectivity index (χ1n) is 5.41. The quantitative estimate of drug-likeness (QED) is 0.777. The molecule has 0 amide bonds. The normalized spacial score (nSPS) is 17.9. The summed E-state index contributed by atoms with van der Waals surface area (Å²) in [5.41, 5.74) is 0.376. The lowest BCUT2D eigenvalue weighted by Crippen LogP contribution is -2.46. The number of rotatable bonds is 3. The Bertz CT molecular complexity index is 507. The number of sulfonamides is 1. The molecule has 0 saturated carbocycles. The smallest absolute Gasteiger partial charge is 0.243 e. The van der Waals surface area contributed by atoms with Crippen LogP contribution in [0.2, 0.25) is 0 Å². The van der Waals surface area contributed by atoms with Gasteiger partial charge in [0.15, 0.2) is 0 Å². The zero-order chi connectivity index (χ0) is 12.3. The predicted octanol–water partition coefficient (Wildman–Crippen LogP) is 0.0930. The van der Waals surface area contributed by atoms with E-state index in [1.807, 2.05) is 0 Å². The van der Waals surface area contributed by atoms with Crippen LogP contribution in [-0.4, -0.2) is 45.2 Å². The van der Waals surface area contributed by atoms with E-state index in [0.29, 0.717) is 38.0 Å². The number of nitrogens with one attached hydrogen (secondary N) is 1. The van der Waals surface area contributed by atoms with E-state index < -0.39 is 10.0 Å². The zero-order valence-electron chi connectivity index (χ0n) is 9.30. The molecule has 2 rings (SSSR count). The highest BCUT2D eigenvalue weighted by molar-refractivity contribution is 7.89. The van der Waals surface area contributed by atoms with Gasteiger partial charge in [0.2, 0.25) is 10.0 Å². The van der Waals surface area contributed by atoms with Crippen molar-refractivity contribution in [2.24, 2.45) is 0 Å². The Kier molecular flexibility index (Phi) is 3.56. The van der Waals surface area contributed by atoms with Gasteiger partial charge in [0.05, 0.1) is 4.90 Å². The van der Waals surface area contributed by atoms with Crippen molar-refractivity contribution in [2.45, 2.75) is 4.90 Å². The van der Waals surface area contributed by atoms with Crippen LogP contribution in [0.1, 0.15) is 10.4 Å². The second-order valence-corrected chi connectivity index (χ2v) is 5.78. The molecule has 1 aromatic rings. The minimum atomic E-state index is -3.46. The first-order chi connectivity index (χ1) is 8.14. The van der Waals surface area contributed by atoms with Gasteiger partial charge in [0.1, 0.15) is 6.29 Å². The van der Waals surface area contributed by atoms with Crippen molar-refractivity contribution >= 4 is 16.3 Å². The van der Waals surface area contributed by atoms with Crippen LogP contribution in [0.5, 0.6) is 0 Å². The van der Waals surface area contributed by atoms with E-state index in [1.165, 1.54) is 16.4 Å². The average Bonchev–Trinajstić information content (AvgIpc) is 2.40. The third kappa shape index (κ3) is 2.54. The minimum Gasteiger partial charge on any atom is -0.314 e. The Morgan fingerprint density at radius 3 is 2.59 bits per heavy atom. The van der Waals surface area contributed by atoms with Gasteiger partial charge >= 0.3 is 0 Å². The number of carbonyl (C=O) groups excluding carboxylic acids is 1. The van der Waals surface area contributed by atoms with Crippen molar-refractivity contribution in [3.8, 4) is 0 Å². The predicted molar refractivity (Wildman–Crippen MR) is 63.5 cm³/mol. The molecule has 17 heavy (non-hydrogen) atoms. The van der Waals surface area contributed by atoms with Gasteiger partial charge in [-0.2, -0.15) is 4.31 Å². The van der Waals surface area contributed by atoms with E-state index in [4.69, 9.17) is 0 Å². The van der Waals surface area contributed by atoms with E-state index >= 15 is 0 Å². The number of hydrogen-bond acceptors (Lipinski definition) is 4. The van der Waals surface area contributed by atoms with Crippen LogP contribution in [0.3, 0.4) is 0 Å². The summed E-state index contributed by atoms with van der Waals surface area (Å²) in [5.74, 6) is 0. The number of carbonyl (C=O) groups is 1. The highest BCUT2D eigenvalue weighted by atomic mass is 32.2. The monoisotopic (exact) mass is 254 g/mol. The molecule has 1 aliphatic rings. The standard InChI is InChI=1S/C11H14N2O3S/c14-9-10-2-1-3-11(8-10)17(15,16)13-6-4-12-5-7-13/h1-3,8-9,12H,4-7H2. The maximum Gasteiger partial charge on any atom is 0.243 e. The van der Waals surface area contributed by atoms with Crippen molar-refractivity contribution in [3.63, 3.8) is 0 Å². The fourth-order valence-electron chi connectivity index (χ4n) is 1.78. The SMILES string of the molecule is O=Cc1cccc(S(=O)(=O)N2CCNCC2)c1. The number of nitrogens with zero attached hydrogens (tertiary/aromatic N) is 1. The summed E-state index contributed by atoms with van der Waals surface area (Å²) in [7, 11) is -3.46. The van der Waals surface area contributed by atoms with Crippen molar-refractivity contribution in [1.29, 1.82) is 0 Å². The molecule has 1 saturated heterocycles. The maximum absolute atomic E-state index is 12.2. The van der Waals surface area contributed by atoms with Gasteiger partial charge in [-0.15, -0.1) is 0 Å². The Labute approximate surface area is 100 Å². The molecular formula is C11H14N2O3S. The second-order valence-electron chi connectivity index (χ2n) is 3.84. The summed E-state index contributed by atoms with van der Waals surface area (Å²) in [6.07, 6.45) is 0.650. The first-order valence-corrected chi connectivity index (χ1v) is 6.85. The Morgan fingerprint density at radius 1 is 1.24 bits per heavy atom. The summed E-state index contributed by atoms with van der Waals surface area (Å²) in [5, 5.41) is 3.10. The fraction of sp³-hybridized carbons (Fsp3) is 0.364. The van der Waals surface area contributed by atoms with Crippen LogP contribution in [0, 0.1) is 0 Å². The summed E-state index contributed by atoms with van der Waals surface area (Å²) < 4.78 is 25.9. The molecule has 0 aliphatic carbocycles. The molecular weight excluding hydrogens is 240 g/mol. The minimum absolute atomic E-state index is 0.184. The topological polar surface area (TPSA) is 66.5 Å². The van der Waals surface area contributed by atoms with E-state index in [0.717, 1.165) is 0 Å². The molecule has 92 valence electrons. The second kappa shape index (κ2) is 4.95. The summed E-state index contributed by atoms with van der Waals surface area (Å²) >= 11 is 0. The fourth-order valence-corrected chi connectivity index (χ4v) is 3.28. The van der Waals surface area contributed by atoms with Crippen LogP contribution in [0.4, 0.5) is 0 Å². The Hall–Kier alpha value is -1.24. The van der Waals surface area contributed by atoms with Crippen molar-refractivity contribution in [3.05, 3.63) is 29.8 Å². The average molecular weight is 254 g/mol. The highest BCUT2D eigenvalue weighted by Gasteiger charge is 2.25. The van der Waals surface area contributed by atoms with Gasteiger partial charge in [-0.05, 0) is 12.1 Å². The summed E-state index contributed by atoms with van der Waals surface area (Å²) in [6, 6.07) is 6.09. The molecule has 6 heteroatoms. The molecule has 1 heterocycles. The van der Waals surface area contributed by atoms with Crippen LogP contribution in [0.15, 0.2) is 29.2 Å². The van der Waals surface area contributed by atoms with Crippen LogP contribution < -0.4 is 5.32 Å². The molecule has 1 aromatic carbocycles. The highest BCUT2D eigenvalue weighted by Crippen LogP contribution is 2.16. The Balaban J connectivity index is 2.32. The number of hydrogen-bond donors (Lipinski definition) is 1. The van der Waals surface area contributed by atoms with Gasteiger partial charge in [0, 0.05) is 31.7 Å². The molecule has 0 spiro atoms. The van der Waals surface area contributed by atoms with Crippen LogP contribution in [0.25, 0.3) is 0 Å². The first kappa shape index (κ1) is 12.2. The van der Waals surface area contributed by atoms with Crippen LogP contribution >= 0.6 is 0 Å². The maximum atomic E-state index is 12.2. The van der Waals surface area contributed by atoms with Gasteiger partial charge in [-0.25, -0.2) is 8.42 Å². The van der Waals surface area contributed by atoms with Gasteiger partial charge in [-0.3, -0.25) is 4.79 Å². The summed E-state index contributed by atoms with van der Waals surface area (Å²) in [6.45, 7) is 2.25. The van der Waals surface area contributed by atoms with Gasteiger partial charge < -0.3 is 5.32 Å². The lowest BCUT2D eigenvalue weighted by atomic mass is 10.2. The molecule has 0 atom stereocenters. The number of benzene rings is 1. The van der Waals surface area contributed by atoms with Gasteiger partial charge in [-0.1, -0.05) is 12.1 Å². The molecule has 1 fully saturated rings. The van der Waals surface area contributed by atoms with E-state index in [-0.39, 0.29) is 4.90 Å². The van der Waals surface area contributed by atoms with Gasteiger partial charge in [0.25, 0.3) is 0 Å². The zero-order valence-corrected chi connectivity index (χ0v) is 10.1. The van der Waals surface area contributed by atoms with Crippen molar-refractivity contribution in [2.75, 3.05) is 26.2 Å². The van der Waals surface area contributed by atoms with Crippen molar-refractivity contribution < 1.29 is 13.2 Å². The Morgan fingerprint density at radius 2 is 1.94 bits per heavy atom. The molecule has 1 N–H and O–H groups in total. The third-order valence-corrected chi connectivity index (χ3v) is 4.60. The molecule has 5 nitrogen and oxygen atoms in total. The molecule has 0 unspecified atom stereocenters. The molecule has 0 aromatic heterocycles. The van der Waals surface area contributed by atoms with Crippen molar-refractivity contribution in [1.82, 2.24) is 9.62 Å². The molecule has 1 aliphatic heterocycles. The van der Waals surface area contributed by atoms with E-state index in [9.17, 15) is 13.2 Å².